The summed E-state index contributed by atoms with van der Waals surface area (Å²) >= 11 is 0.691. The summed E-state index contributed by atoms with van der Waals surface area (Å²) in [4.78, 5) is 29.3. The highest BCUT2D eigenvalue weighted by Crippen LogP contribution is 2.43. The van der Waals surface area contributed by atoms with Crippen LogP contribution in [0.1, 0.15) is 34.8 Å². The van der Waals surface area contributed by atoms with E-state index in [1.165, 1.54) is 12.4 Å². The molecular formula is C21H22F7N3O5S. The van der Waals surface area contributed by atoms with Gasteiger partial charge in [0.15, 0.2) is 6.17 Å². The van der Waals surface area contributed by atoms with Crippen molar-refractivity contribution in [1.29, 1.82) is 0 Å². The third kappa shape index (κ3) is 6.71. The zero-order valence-corrected chi connectivity index (χ0v) is 20.4. The predicted molar refractivity (Wildman–Crippen MR) is 116 cm³/mol. The number of thiophene rings is 1. The van der Waals surface area contributed by atoms with Crippen LogP contribution in [0, 0.1) is 6.92 Å². The Kier molecular flexibility index (Phi) is 8.41. The maximum atomic E-state index is 14.9. The Hall–Kier alpha value is -2.88. The van der Waals surface area contributed by atoms with Crippen molar-refractivity contribution in [3.05, 3.63) is 22.1 Å². The fourth-order valence-corrected chi connectivity index (χ4v) is 4.78. The van der Waals surface area contributed by atoms with Crippen molar-refractivity contribution in [3.63, 3.8) is 0 Å². The number of fused-ring (bicyclic) bond motifs is 1. The molecule has 0 bridgehead atoms. The molecule has 1 saturated heterocycles. The van der Waals surface area contributed by atoms with Crippen molar-refractivity contribution in [2.45, 2.75) is 51.2 Å². The average Bonchev–Trinajstić information content (AvgIpc) is 3.20. The van der Waals surface area contributed by atoms with E-state index in [0.29, 0.717) is 11.3 Å². The van der Waals surface area contributed by atoms with E-state index in [1.807, 2.05) is 0 Å². The fraction of sp³-hybridized carbons (Fsp3) is 0.571. The van der Waals surface area contributed by atoms with Gasteiger partial charge in [-0.05, 0) is 13.8 Å². The summed E-state index contributed by atoms with van der Waals surface area (Å²) in [6.45, 7) is 0.599. The van der Waals surface area contributed by atoms with E-state index >= 15 is 0 Å². The Morgan fingerprint density at radius 2 is 1.95 bits per heavy atom. The number of carbonyl (C=O) groups is 2. The van der Waals surface area contributed by atoms with E-state index < -0.39 is 73.1 Å². The molecule has 37 heavy (non-hydrogen) atoms. The molecule has 206 valence electrons. The summed E-state index contributed by atoms with van der Waals surface area (Å²) in [7, 11) is 1.30. The largest absolute Gasteiger partial charge is 0.522 e. The molecule has 0 aliphatic carbocycles. The Morgan fingerprint density at radius 3 is 2.51 bits per heavy atom. The molecule has 1 aliphatic heterocycles. The lowest BCUT2D eigenvalue weighted by Gasteiger charge is -2.34. The quantitative estimate of drug-likeness (QED) is 0.508. The first kappa shape index (κ1) is 28.7. The van der Waals surface area contributed by atoms with Crippen LogP contribution in [0.3, 0.4) is 0 Å². The Bertz CT molecular complexity index is 1150. The molecule has 3 heterocycles. The molecule has 0 spiro atoms. The Labute approximate surface area is 209 Å². The molecule has 2 aromatic heterocycles. The summed E-state index contributed by atoms with van der Waals surface area (Å²) in [5.41, 5.74) is -1.79. The lowest BCUT2D eigenvalue weighted by molar-refractivity contribution is -0.329. The highest BCUT2D eigenvalue weighted by atomic mass is 32.1. The topological polar surface area (TPSA) is 90.0 Å². The number of carbonyl (C=O) groups excluding carboxylic acids is 2. The number of nitrogens with one attached hydrogen (secondary N) is 1. The van der Waals surface area contributed by atoms with Gasteiger partial charge >= 0.3 is 18.6 Å². The van der Waals surface area contributed by atoms with Gasteiger partial charge in [0.25, 0.3) is 5.91 Å². The molecule has 3 atom stereocenters. The number of piperidine rings is 1. The minimum Gasteiger partial charge on any atom is -0.471 e. The molecule has 1 fully saturated rings. The summed E-state index contributed by atoms with van der Waals surface area (Å²) < 4.78 is 107. The van der Waals surface area contributed by atoms with Crippen LogP contribution in [-0.2, 0) is 15.7 Å². The number of alkyl halides is 7. The van der Waals surface area contributed by atoms with Crippen molar-refractivity contribution in [2.24, 2.45) is 0 Å². The summed E-state index contributed by atoms with van der Waals surface area (Å²) in [5.74, 6) is -1.17. The SMILES string of the molecule is CNC(=O)c1csc2c(C(F)(F)F)c(C)c(O[C@H]3CCN(C(=O)O[C@@H](C)COC(F)(F)F)C[C@H]3F)nc12. The normalized spacial score (nSPS) is 19.6. The Balaban J connectivity index is 1.76. The second-order valence-electron chi connectivity index (χ2n) is 8.18. The van der Waals surface area contributed by atoms with Crippen molar-refractivity contribution < 1.29 is 54.5 Å². The molecule has 3 rings (SSSR count). The molecule has 8 nitrogen and oxygen atoms in total. The lowest BCUT2D eigenvalue weighted by Crippen LogP contribution is -2.50. The minimum absolute atomic E-state index is 0.101. The zero-order chi connectivity index (χ0) is 27.7. The lowest BCUT2D eigenvalue weighted by atomic mass is 10.1. The number of likely N-dealkylation sites (tertiary alicyclic amines) is 1. The van der Waals surface area contributed by atoms with E-state index in [4.69, 9.17) is 9.47 Å². The van der Waals surface area contributed by atoms with Crippen LogP contribution >= 0.6 is 11.3 Å². The third-order valence-corrected chi connectivity index (χ3v) is 6.43. The van der Waals surface area contributed by atoms with E-state index in [-0.39, 0.29) is 28.7 Å². The van der Waals surface area contributed by atoms with Gasteiger partial charge in [-0.1, -0.05) is 0 Å². The van der Waals surface area contributed by atoms with Gasteiger partial charge in [-0.2, -0.15) is 13.2 Å². The summed E-state index contributed by atoms with van der Waals surface area (Å²) in [6, 6.07) is 0. The average molecular weight is 561 g/mol. The number of amides is 2. The van der Waals surface area contributed by atoms with Crippen LogP contribution in [-0.4, -0.2) is 73.4 Å². The van der Waals surface area contributed by atoms with E-state index in [2.05, 4.69) is 15.0 Å². The summed E-state index contributed by atoms with van der Waals surface area (Å²) in [6.07, 6.45) is -15.4. The fourth-order valence-electron chi connectivity index (χ4n) is 3.67. The number of nitrogens with zero attached hydrogens (tertiary/aromatic N) is 2. The zero-order valence-electron chi connectivity index (χ0n) is 19.6. The van der Waals surface area contributed by atoms with Crippen molar-refractivity contribution in [2.75, 3.05) is 26.7 Å². The molecule has 0 radical (unpaired) electrons. The maximum Gasteiger partial charge on any atom is 0.522 e. The second kappa shape index (κ2) is 10.8. The van der Waals surface area contributed by atoms with E-state index in [9.17, 15) is 40.3 Å². The number of rotatable bonds is 6. The molecule has 0 saturated carbocycles. The number of hydrogen-bond donors (Lipinski definition) is 1. The third-order valence-electron chi connectivity index (χ3n) is 5.44. The van der Waals surface area contributed by atoms with Crippen LogP contribution in [0.5, 0.6) is 5.88 Å². The standard InChI is InChI=1S/C21H22F7N3O5S/c1-9(7-34-21(26,27)28)35-19(33)31-5-4-13(12(22)6-31)36-18-10(2)14(20(23,24)25)16-15(30-18)11(8-37-16)17(32)29-3/h8-9,12-13H,4-7H2,1-3H3,(H,29,32)/t9-,12+,13-/m0/s1. The maximum absolute atomic E-state index is 14.9. The van der Waals surface area contributed by atoms with Gasteiger partial charge in [0, 0.05) is 31.0 Å². The monoisotopic (exact) mass is 561 g/mol. The first-order valence-electron chi connectivity index (χ1n) is 10.8. The number of aromatic nitrogens is 1. The van der Waals surface area contributed by atoms with E-state index in [0.717, 1.165) is 18.7 Å². The molecule has 1 N–H and O–H groups in total. The van der Waals surface area contributed by atoms with Crippen LogP contribution in [0.15, 0.2) is 5.38 Å². The molecule has 2 amide bonds. The molecule has 16 heteroatoms. The van der Waals surface area contributed by atoms with Crippen molar-refractivity contribution in [3.8, 4) is 5.88 Å². The van der Waals surface area contributed by atoms with Gasteiger partial charge in [-0.25, -0.2) is 14.2 Å². The highest BCUT2D eigenvalue weighted by molar-refractivity contribution is 7.17. The molecule has 0 unspecified atom stereocenters. The smallest absolute Gasteiger partial charge is 0.471 e. The van der Waals surface area contributed by atoms with Gasteiger partial charge < -0.3 is 19.7 Å². The molecule has 2 aromatic rings. The first-order chi connectivity index (χ1) is 17.1. The number of pyridine rings is 1. The molecular weight excluding hydrogens is 539 g/mol. The van der Waals surface area contributed by atoms with Crippen LogP contribution in [0.2, 0.25) is 0 Å². The predicted octanol–water partition coefficient (Wildman–Crippen LogP) is 4.84. The van der Waals surface area contributed by atoms with Gasteiger partial charge in [0.2, 0.25) is 5.88 Å². The van der Waals surface area contributed by atoms with Gasteiger partial charge in [0.05, 0.1) is 34.5 Å². The van der Waals surface area contributed by atoms with Gasteiger partial charge in [-0.3, -0.25) is 9.53 Å². The molecule has 1 aliphatic rings. The van der Waals surface area contributed by atoms with Crippen molar-refractivity contribution >= 4 is 33.6 Å². The van der Waals surface area contributed by atoms with Crippen LogP contribution in [0.4, 0.5) is 35.5 Å². The number of ether oxygens (including phenoxy) is 3. The minimum atomic E-state index is -4.91. The first-order valence-corrected chi connectivity index (χ1v) is 11.7. The summed E-state index contributed by atoms with van der Waals surface area (Å²) in [5, 5.41) is 3.55. The second-order valence-corrected chi connectivity index (χ2v) is 9.06. The van der Waals surface area contributed by atoms with Crippen LogP contribution < -0.4 is 10.1 Å². The highest BCUT2D eigenvalue weighted by Gasteiger charge is 2.40. The number of halogens is 7. The Morgan fingerprint density at radius 1 is 1.27 bits per heavy atom. The van der Waals surface area contributed by atoms with Gasteiger partial charge in [0.1, 0.15) is 12.2 Å². The van der Waals surface area contributed by atoms with Crippen molar-refractivity contribution in [1.82, 2.24) is 15.2 Å². The van der Waals surface area contributed by atoms with E-state index in [1.54, 1.807) is 0 Å². The number of hydrogen-bond acceptors (Lipinski definition) is 7. The van der Waals surface area contributed by atoms with Gasteiger partial charge in [-0.15, -0.1) is 24.5 Å². The molecule has 0 aromatic carbocycles. The van der Waals surface area contributed by atoms with Crippen LogP contribution in [0.25, 0.3) is 10.2 Å².